The van der Waals surface area contributed by atoms with E-state index in [1.165, 1.54) is 51.4 Å². The summed E-state index contributed by atoms with van der Waals surface area (Å²) in [7, 11) is 0. The summed E-state index contributed by atoms with van der Waals surface area (Å²) in [4.78, 5) is 0. The number of hydrogen-bond donors (Lipinski definition) is 1. The second-order valence-corrected chi connectivity index (χ2v) is 6.43. The summed E-state index contributed by atoms with van der Waals surface area (Å²) in [5.74, 6) is 0.808. The maximum atomic E-state index is 6.26. The van der Waals surface area contributed by atoms with E-state index in [0.717, 1.165) is 25.1 Å². The van der Waals surface area contributed by atoms with Crippen molar-refractivity contribution >= 4 is 0 Å². The van der Waals surface area contributed by atoms with E-state index in [1.54, 1.807) is 0 Å². The molecule has 0 saturated heterocycles. The summed E-state index contributed by atoms with van der Waals surface area (Å²) >= 11 is 0. The first-order valence-electron chi connectivity index (χ1n) is 7.58. The van der Waals surface area contributed by atoms with Crippen molar-refractivity contribution < 1.29 is 4.74 Å². The Bertz CT molecular complexity index is 217. The fourth-order valence-corrected chi connectivity index (χ4v) is 2.79. The van der Waals surface area contributed by atoms with E-state index in [1.807, 2.05) is 0 Å². The fourth-order valence-electron chi connectivity index (χ4n) is 2.79. The predicted octanol–water partition coefficient (Wildman–Crippen LogP) is 3.50. The first-order valence-corrected chi connectivity index (χ1v) is 7.58. The molecule has 2 rings (SSSR count). The zero-order chi connectivity index (χ0) is 12.1. The zero-order valence-corrected chi connectivity index (χ0v) is 11.6. The standard InChI is InChI=1S/C15H29NO/c1-13(2)6-5-11-17-15(9-3-4-10-15)12-16-14-7-8-14/h13-14,16H,3-12H2,1-2H3. The van der Waals surface area contributed by atoms with Crippen molar-refractivity contribution in [1.29, 1.82) is 0 Å². The zero-order valence-electron chi connectivity index (χ0n) is 11.6. The molecule has 2 heteroatoms. The van der Waals surface area contributed by atoms with Crippen molar-refractivity contribution in [3.63, 3.8) is 0 Å². The Morgan fingerprint density at radius 1 is 1.24 bits per heavy atom. The van der Waals surface area contributed by atoms with Gasteiger partial charge >= 0.3 is 0 Å². The highest BCUT2D eigenvalue weighted by Gasteiger charge is 2.36. The fraction of sp³-hybridized carbons (Fsp3) is 1.00. The lowest BCUT2D eigenvalue weighted by molar-refractivity contribution is -0.0416. The third kappa shape index (κ3) is 4.59. The van der Waals surface area contributed by atoms with Gasteiger partial charge in [-0.1, -0.05) is 26.7 Å². The van der Waals surface area contributed by atoms with Gasteiger partial charge in [-0.2, -0.15) is 0 Å². The van der Waals surface area contributed by atoms with Crippen LogP contribution in [-0.2, 0) is 4.74 Å². The quantitative estimate of drug-likeness (QED) is 0.655. The lowest BCUT2D eigenvalue weighted by atomic mass is 10.0. The van der Waals surface area contributed by atoms with Crippen LogP contribution in [0.3, 0.4) is 0 Å². The lowest BCUT2D eigenvalue weighted by Gasteiger charge is -2.30. The second kappa shape index (κ2) is 6.19. The Morgan fingerprint density at radius 2 is 1.94 bits per heavy atom. The topological polar surface area (TPSA) is 21.3 Å². The second-order valence-electron chi connectivity index (χ2n) is 6.43. The van der Waals surface area contributed by atoms with Crippen LogP contribution in [0.5, 0.6) is 0 Å². The van der Waals surface area contributed by atoms with Gasteiger partial charge in [0.25, 0.3) is 0 Å². The van der Waals surface area contributed by atoms with Gasteiger partial charge in [0.05, 0.1) is 5.60 Å². The van der Waals surface area contributed by atoms with Crippen LogP contribution in [0, 0.1) is 5.92 Å². The van der Waals surface area contributed by atoms with Crippen molar-refractivity contribution in [3.05, 3.63) is 0 Å². The van der Waals surface area contributed by atoms with E-state index >= 15 is 0 Å². The van der Waals surface area contributed by atoms with Gasteiger partial charge in [0.2, 0.25) is 0 Å². The molecular formula is C15H29NO. The average molecular weight is 239 g/mol. The normalized spacial score (nSPS) is 23.5. The molecule has 0 unspecified atom stereocenters. The first-order chi connectivity index (χ1) is 8.20. The lowest BCUT2D eigenvalue weighted by Crippen LogP contribution is -2.41. The minimum absolute atomic E-state index is 0.194. The van der Waals surface area contributed by atoms with Crippen LogP contribution in [0.2, 0.25) is 0 Å². The molecule has 2 aliphatic carbocycles. The van der Waals surface area contributed by atoms with E-state index in [-0.39, 0.29) is 5.60 Å². The van der Waals surface area contributed by atoms with Crippen LogP contribution in [0.15, 0.2) is 0 Å². The van der Waals surface area contributed by atoms with Crippen molar-refractivity contribution in [3.8, 4) is 0 Å². The monoisotopic (exact) mass is 239 g/mol. The van der Waals surface area contributed by atoms with Crippen LogP contribution in [0.4, 0.5) is 0 Å². The highest BCUT2D eigenvalue weighted by Crippen LogP contribution is 2.34. The maximum absolute atomic E-state index is 6.26. The Labute approximate surface area is 107 Å². The smallest absolute Gasteiger partial charge is 0.0806 e. The SMILES string of the molecule is CC(C)CCCOC1(CNC2CC2)CCCC1. The molecule has 0 aromatic heterocycles. The molecule has 0 bridgehead atoms. The van der Waals surface area contributed by atoms with Gasteiger partial charge in [-0.3, -0.25) is 0 Å². The third-order valence-corrected chi connectivity index (χ3v) is 4.14. The van der Waals surface area contributed by atoms with Crippen LogP contribution < -0.4 is 5.32 Å². The van der Waals surface area contributed by atoms with E-state index < -0.39 is 0 Å². The molecule has 0 radical (unpaired) electrons. The molecule has 2 saturated carbocycles. The van der Waals surface area contributed by atoms with E-state index in [2.05, 4.69) is 19.2 Å². The highest BCUT2D eigenvalue weighted by atomic mass is 16.5. The predicted molar refractivity (Wildman–Crippen MR) is 72.2 cm³/mol. The van der Waals surface area contributed by atoms with Gasteiger partial charge in [-0.25, -0.2) is 0 Å². The number of ether oxygens (including phenoxy) is 1. The number of hydrogen-bond acceptors (Lipinski definition) is 2. The van der Waals surface area contributed by atoms with Crippen LogP contribution in [0.1, 0.15) is 65.2 Å². The Balaban J connectivity index is 1.67. The van der Waals surface area contributed by atoms with Crippen molar-refractivity contribution in [2.75, 3.05) is 13.2 Å². The van der Waals surface area contributed by atoms with Crippen molar-refractivity contribution in [2.45, 2.75) is 76.9 Å². The molecule has 17 heavy (non-hydrogen) atoms. The van der Waals surface area contributed by atoms with Crippen LogP contribution in [0.25, 0.3) is 0 Å². The molecule has 2 fully saturated rings. The molecule has 0 aromatic carbocycles. The van der Waals surface area contributed by atoms with Gasteiger partial charge in [0.1, 0.15) is 0 Å². The summed E-state index contributed by atoms with van der Waals surface area (Å²) in [5, 5.41) is 3.66. The first kappa shape index (κ1) is 13.4. The van der Waals surface area contributed by atoms with Gasteiger partial charge in [0, 0.05) is 19.2 Å². The van der Waals surface area contributed by atoms with Gasteiger partial charge in [0.15, 0.2) is 0 Å². The van der Waals surface area contributed by atoms with E-state index in [0.29, 0.717) is 0 Å². The highest BCUT2D eigenvalue weighted by molar-refractivity contribution is 4.92. The summed E-state index contributed by atoms with van der Waals surface area (Å²) in [6, 6.07) is 0.812. The molecule has 0 aromatic rings. The minimum Gasteiger partial charge on any atom is -0.374 e. The molecule has 0 spiro atoms. The van der Waals surface area contributed by atoms with E-state index in [9.17, 15) is 0 Å². The van der Waals surface area contributed by atoms with Crippen LogP contribution >= 0.6 is 0 Å². The van der Waals surface area contributed by atoms with Gasteiger partial charge in [-0.15, -0.1) is 0 Å². The van der Waals surface area contributed by atoms with E-state index in [4.69, 9.17) is 4.74 Å². The largest absolute Gasteiger partial charge is 0.374 e. The number of rotatable bonds is 8. The Morgan fingerprint density at radius 3 is 2.53 bits per heavy atom. The van der Waals surface area contributed by atoms with Gasteiger partial charge in [-0.05, 0) is 44.4 Å². The molecule has 0 aliphatic heterocycles. The van der Waals surface area contributed by atoms with Crippen molar-refractivity contribution in [1.82, 2.24) is 5.32 Å². The Kier molecular flexibility index (Phi) is 4.87. The average Bonchev–Trinajstić information content (AvgIpc) is 3.02. The molecule has 100 valence electrons. The molecule has 2 nitrogen and oxygen atoms in total. The van der Waals surface area contributed by atoms with Crippen LogP contribution in [-0.4, -0.2) is 24.8 Å². The Hall–Kier alpha value is -0.0800. The molecule has 0 amide bonds. The third-order valence-electron chi connectivity index (χ3n) is 4.14. The molecule has 0 heterocycles. The summed E-state index contributed by atoms with van der Waals surface area (Å²) < 4.78 is 6.26. The maximum Gasteiger partial charge on any atom is 0.0806 e. The summed E-state index contributed by atoms with van der Waals surface area (Å²) in [6.07, 6.45) is 10.5. The molecule has 1 N–H and O–H groups in total. The molecular weight excluding hydrogens is 210 g/mol. The summed E-state index contributed by atoms with van der Waals surface area (Å²) in [6.45, 7) is 6.64. The summed E-state index contributed by atoms with van der Waals surface area (Å²) in [5.41, 5.74) is 0.194. The number of nitrogens with one attached hydrogen (secondary N) is 1. The molecule has 0 atom stereocenters. The van der Waals surface area contributed by atoms with Crippen molar-refractivity contribution in [2.24, 2.45) is 5.92 Å². The van der Waals surface area contributed by atoms with Gasteiger partial charge < -0.3 is 10.1 Å². The molecule has 2 aliphatic rings. The minimum atomic E-state index is 0.194.